The molecule has 1 amide bonds. The summed E-state index contributed by atoms with van der Waals surface area (Å²) in [5.74, 6) is -4.00. The number of thiophene rings is 1. The molecular formula is C31H32N2O12S2. The van der Waals surface area contributed by atoms with Gasteiger partial charge in [0.15, 0.2) is 28.9 Å². The maximum absolute atomic E-state index is 13.8. The lowest BCUT2D eigenvalue weighted by molar-refractivity contribution is -0.237. The minimum atomic E-state index is -1.40. The largest absolute Gasteiger partial charge is 0.463 e. The molecule has 4 rings (SSSR count). The molecule has 0 saturated carbocycles. The first kappa shape index (κ1) is 35.3. The first-order chi connectivity index (χ1) is 22.4. The molecule has 250 valence electrons. The maximum atomic E-state index is 13.8. The van der Waals surface area contributed by atoms with Crippen LogP contribution in [-0.4, -0.2) is 84.0 Å². The smallest absolute Gasteiger partial charge is 0.338 e. The van der Waals surface area contributed by atoms with E-state index in [1.54, 1.807) is 25.1 Å². The van der Waals surface area contributed by atoms with Gasteiger partial charge < -0.3 is 28.4 Å². The highest BCUT2D eigenvalue weighted by atomic mass is 32.2. The zero-order chi connectivity index (χ0) is 34.2. The first-order valence-electron chi connectivity index (χ1n) is 14.3. The second-order valence-corrected chi connectivity index (χ2v) is 12.1. The number of esters is 5. The van der Waals surface area contributed by atoms with Gasteiger partial charge in [-0.25, -0.2) is 9.79 Å². The average Bonchev–Trinajstić information content (AvgIpc) is 3.62. The van der Waals surface area contributed by atoms with Crippen molar-refractivity contribution >= 4 is 75.8 Å². The summed E-state index contributed by atoms with van der Waals surface area (Å²) in [6.07, 6.45) is -3.70. The van der Waals surface area contributed by atoms with Crippen LogP contribution < -0.4 is 4.90 Å². The van der Waals surface area contributed by atoms with Gasteiger partial charge in [0.25, 0.3) is 5.91 Å². The van der Waals surface area contributed by atoms with Crippen LogP contribution in [0, 0.1) is 0 Å². The summed E-state index contributed by atoms with van der Waals surface area (Å²) in [7, 11) is 0. The van der Waals surface area contributed by atoms with Crippen LogP contribution in [0.25, 0.3) is 6.08 Å². The second-order valence-electron chi connectivity index (χ2n) is 10.0. The van der Waals surface area contributed by atoms with E-state index in [0.29, 0.717) is 5.69 Å². The Morgan fingerprint density at radius 1 is 0.894 bits per heavy atom. The van der Waals surface area contributed by atoms with Crippen molar-refractivity contribution in [1.82, 2.24) is 0 Å². The summed E-state index contributed by atoms with van der Waals surface area (Å²) >= 11 is 2.26. The monoisotopic (exact) mass is 688 g/mol. The van der Waals surface area contributed by atoms with Crippen LogP contribution in [0.4, 0.5) is 5.69 Å². The van der Waals surface area contributed by atoms with Crippen molar-refractivity contribution in [2.75, 3.05) is 18.1 Å². The Hall–Kier alpha value is -4.54. The average molecular weight is 689 g/mol. The van der Waals surface area contributed by atoms with Crippen LogP contribution in [0.5, 0.6) is 0 Å². The van der Waals surface area contributed by atoms with E-state index in [1.165, 1.54) is 35.3 Å². The van der Waals surface area contributed by atoms with Gasteiger partial charge in [0, 0.05) is 32.6 Å². The summed E-state index contributed by atoms with van der Waals surface area (Å²) < 4.78 is 33.0. The van der Waals surface area contributed by atoms with Gasteiger partial charge in [-0.2, -0.15) is 0 Å². The van der Waals surface area contributed by atoms with Crippen molar-refractivity contribution in [2.24, 2.45) is 4.99 Å². The Bertz CT molecular complexity index is 1570. The molecule has 47 heavy (non-hydrogen) atoms. The van der Waals surface area contributed by atoms with Crippen LogP contribution in [0.2, 0.25) is 0 Å². The fourth-order valence-electron chi connectivity index (χ4n) is 4.66. The Labute approximate surface area is 278 Å². The summed E-state index contributed by atoms with van der Waals surface area (Å²) in [5, 5.41) is 1.93. The minimum absolute atomic E-state index is 0.0788. The third kappa shape index (κ3) is 9.05. The maximum Gasteiger partial charge on any atom is 0.338 e. The lowest BCUT2D eigenvalue weighted by atomic mass is 9.99. The number of rotatable bonds is 10. The normalized spacial score (nSPS) is 23.1. The van der Waals surface area contributed by atoms with Gasteiger partial charge in [0.05, 0.1) is 17.9 Å². The summed E-state index contributed by atoms with van der Waals surface area (Å²) in [5.41, 5.74) is -0.545. The van der Waals surface area contributed by atoms with Gasteiger partial charge in [0.2, 0.25) is 0 Å². The highest BCUT2D eigenvalue weighted by Gasteiger charge is 2.53. The third-order valence-electron chi connectivity index (χ3n) is 6.46. The van der Waals surface area contributed by atoms with E-state index in [4.69, 9.17) is 28.4 Å². The molecule has 0 N–H and O–H groups in total. The van der Waals surface area contributed by atoms with Gasteiger partial charge in [-0.3, -0.25) is 28.9 Å². The SMILES string of the molecule is CCOC(=O)c1ccc(N2C(=O)/C(=C/c3cccs3)N=C2SC2OC(COC(C)=O)C(OC(C)=O)C(OC(C)=O)C2OC(C)=O)cc1. The van der Waals surface area contributed by atoms with Crippen LogP contribution in [0.1, 0.15) is 49.9 Å². The number of thioether (sulfide) groups is 1. The molecule has 1 fully saturated rings. The molecule has 0 bridgehead atoms. The number of amides is 1. The molecule has 16 heteroatoms. The number of nitrogens with zero attached hydrogens (tertiary/aromatic N) is 2. The number of ether oxygens (including phenoxy) is 6. The number of carbonyl (C=O) groups is 6. The van der Waals surface area contributed by atoms with E-state index >= 15 is 0 Å². The van der Waals surface area contributed by atoms with Gasteiger partial charge in [-0.1, -0.05) is 17.8 Å². The molecule has 2 aliphatic heterocycles. The van der Waals surface area contributed by atoms with Gasteiger partial charge in [-0.15, -0.1) is 11.3 Å². The van der Waals surface area contributed by atoms with E-state index in [9.17, 15) is 28.8 Å². The number of carbonyl (C=O) groups excluding carboxylic acids is 6. The number of anilines is 1. The molecule has 1 aromatic heterocycles. The van der Waals surface area contributed by atoms with Crippen molar-refractivity contribution in [3.05, 3.63) is 57.9 Å². The molecule has 5 atom stereocenters. The second kappa shape index (κ2) is 15.8. The minimum Gasteiger partial charge on any atom is -0.463 e. The van der Waals surface area contributed by atoms with Crippen molar-refractivity contribution in [3.8, 4) is 0 Å². The van der Waals surface area contributed by atoms with Crippen LogP contribution in [0.3, 0.4) is 0 Å². The Balaban J connectivity index is 1.78. The lowest BCUT2D eigenvalue weighted by Crippen LogP contribution is -2.61. The van der Waals surface area contributed by atoms with Crippen LogP contribution in [-0.2, 0) is 52.4 Å². The van der Waals surface area contributed by atoms with Crippen molar-refractivity contribution in [3.63, 3.8) is 0 Å². The molecule has 5 unspecified atom stereocenters. The molecule has 0 radical (unpaired) electrons. The topological polar surface area (TPSA) is 173 Å². The third-order valence-corrected chi connectivity index (χ3v) is 8.37. The number of amidine groups is 1. The Kier molecular flexibility index (Phi) is 11.9. The molecule has 3 heterocycles. The van der Waals surface area contributed by atoms with E-state index < -0.39 is 72.2 Å². The molecule has 2 aromatic rings. The van der Waals surface area contributed by atoms with Gasteiger partial charge >= 0.3 is 29.8 Å². The van der Waals surface area contributed by atoms with Gasteiger partial charge in [0.1, 0.15) is 18.4 Å². The fourth-order valence-corrected chi connectivity index (χ4v) is 6.51. The molecular weight excluding hydrogens is 656 g/mol. The Morgan fingerprint density at radius 3 is 2.11 bits per heavy atom. The van der Waals surface area contributed by atoms with E-state index in [1.807, 2.05) is 17.5 Å². The van der Waals surface area contributed by atoms with Crippen molar-refractivity contribution < 1.29 is 57.2 Å². The first-order valence-corrected chi connectivity index (χ1v) is 16.1. The molecule has 0 spiro atoms. The summed E-state index contributed by atoms with van der Waals surface area (Å²) in [4.78, 5) is 81.0. The van der Waals surface area contributed by atoms with E-state index in [0.717, 1.165) is 37.4 Å². The van der Waals surface area contributed by atoms with E-state index in [-0.39, 0.29) is 23.0 Å². The Morgan fingerprint density at radius 2 is 1.53 bits per heavy atom. The number of benzene rings is 1. The van der Waals surface area contributed by atoms with Crippen LogP contribution in [0.15, 0.2) is 52.5 Å². The highest BCUT2D eigenvalue weighted by Crippen LogP contribution is 2.39. The zero-order valence-corrected chi connectivity index (χ0v) is 27.7. The standard InChI is InChI=1S/C31H32N2O12S2/c1-6-40-29(39)20-9-11-21(12-10-20)33-28(38)23(14-22-8-7-13-46-22)32-31(33)47-30-27(44-19(5)37)26(43-18(4)36)25(42-17(3)35)24(45-30)15-41-16(2)34/h7-14,24-27,30H,6,15H2,1-5H3/b23-14-. The quantitative estimate of drug-likeness (QED) is 0.202. The molecule has 0 aliphatic carbocycles. The predicted molar refractivity (Wildman–Crippen MR) is 169 cm³/mol. The number of hydrogen-bond acceptors (Lipinski definition) is 15. The predicted octanol–water partition coefficient (Wildman–Crippen LogP) is 3.48. The molecule has 1 aromatic carbocycles. The highest BCUT2D eigenvalue weighted by molar-refractivity contribution is 8.14. The fraction of sp³-hybridized carbons (Fsp3) is 0.387. The number of hydrogen-bond donors (Lipinski definition) is 0. The molecule has 1 saturated heterocycles. The van der Waals surface area contributed by atoms with Crippen molar-refractivity contribution in [2.45, 2.75) is 64.5 Å². The van der Waals surface area contributed by atoms with Crippen molar-refractivity contribution in [1.29, 1.82) is 0 Å². The van der Waals surface area contributed by atoms with Gasteiger partial charge in [-0.05, 0) is 48.7 Å². The lowest BCUT2D eigenvalue weighted by Gasteiger charge is -2.44. The number of aliphatic imine (C=N–C) groups is 1. The van der Waals surface area contributed by atoms with Crippen LogP contribution >= 0.6 is 23.1 Å². The molecule has 2 aliphatic rings. The van der Waals surface area contributed by atoms with E-state index in [2.05, 4.69) is 4.99 Å². The summed E-state index contributed by atoms with van der Waals surface area (Å²) in [6, 6.07) is 9.71. The zero-order valence-electron chi connectivity index (χ0n) is 26.0. The summed E-state index contributed by atoms with van der Waals surface area (Å²) in [6.45, 7) is 6.01. The molecule has 14 nitrogen and oxygen atoms in total.